The molecule has 0 aromatic heterocycles. The molecule has 0 aliphatic rings. The van der Waals surface area contributed by atoms with Gasteiger partial charge in [-0.2, -0.15) is 12.6 Å². The maximum atomic E-state index is 11.5. The Morgan fingerprint density at radius 2 is 1.68 bits per heavy atom. The molecule has 19 heavy (non-hydrogen) atoms. The van der Waals surface area contributed by atoms with Gasteiger partial charge in [0.2, 0.25) is 5.91 Å². The van der Waals surface area contributed by atoms with Crippen molar-refractivity contribution in [3.63, 3.8) is 0 Å². The molecule has 0 spiro atoms. The van der Waals surface area contributed by atoms with Crippen LogP contribution in [-0.4, -0.2) is 56.1 Å². The highest BCUT2D eigenvalue weighted by Crippen LogP contribution is 2.03. The molecule has 0 heterocycles. The van der Waals surface area contributed by atoms with E-state index in [9.17, 15) is 4.79 Å². The van der Waals surface area contributed by atoms with Crippen molar-refractivity contribution in [2.24, 2.45) is 5.92 Å². The summed E-state index contributed by atoms with van der Waals surface area (Å²) in [6, 6.07) is 0. The Morgan fingerprint density at radius 1 is 1.11 bits per heavy atom. The molecule has 0 aromatic carbocycles. The molecule has 114 valence electrons. The number of hydrogen-bond donors (Lipinski definition) is 1. The molecule has 0 N–H and O–H groups in total. The van der Waals surface area contributed by atoms with E-state index in [0.29, 0.717) is 26.4 Å². The molecule has 0 bridgehead atoms. The monoisotopic (exact) mass is 291 g/mol. The van der Waals surface area contributed by atoms with Crippen LogP contribution >= 0.6 is 12.6 Å². The predicted octanol–water partition coefficient (Wildman–Crippen LogP) is 2.23. The van der Waals surface area contributed by atoms with Crippen LogP contribution in [0.2, 0.25) is 0 Å². The molecule has 1 atom stereocenters. The van der Waals surface area contributed by atoms with Gasteiger partial charge in [0.1, 0.15) is 0 Å². The number of amides is 1. The predicted molar refractivity (Wildman–Crippen MR) is 81.8 cm³/mol. The number of carbonyl (C=O) groups excluding carboxylic acids is 1. The molecule has 1 unspecified atom stereocenters. The van der Waals surface area contributed by atoms with Gasteiger partial charge in [-0.3, -0.25) is 4.79 Å². The van der Waals surface area contributed by atoms with Crippen LogP contribution in [0.15, 0.2) is 0 Å². The smallest absolute Gasteiger partial charge is 0.234 e. The zero-order chi connectivity index (χ0) is 14.7. The molecule has 0 rings (SSSR count). The molecule has 0 saturated carbocycles. The largest absolute Gasteiger partial charge is 0.379 e. The highest BCUT2D eigenvalue weighted by Gasteiger charge is 2.12. The number of likely N-dealkylation sites (N-methyl/N-ethyl adjacent to an activating group) is 1. The van der Waals surface area contributed by atoms with Crippen molar-refractivity contribution < 1.29 is 14.3 Å². The van der Waals surface area contributed by atoms with Crippen molar-refractivity contribution in [2.45, 2.75) is 38.9 Å². The van der Waals surface area contributed by atoms with Crippen LogP contribution in [0.5, 0.6) is 0 Å². The van der Waals surface area contributed by atoms with Gasteiger partial charge >= 0.3 is 0 Å². The average molecular weight is 291 g/mol. The first-order chi connectivity index (χ1) is 8.95. The lowest BCUT2D eigenvalue weighted by Crippen LogP contribution is -2.34. The van der Waals surface area contributed by atoms with Crippen molar-refractivity contribution in [3.05, 3.63) is 0 Å². The lowest BCUT2D eigenvalue weighted by atomic mass is 10.1. The lowest BCUT2D eigenvalue weighted by Gasteiger charge is -2.18. The zero-order valence-electron chi connectivity index (χ0n) is 12.7. The van der Waals surface area contributed by atoms with Gasteiger partial charge in [-0.25, -0.2) is 0 Å². The maximum absolute atomic E-state index is 11.5. The fraction of sp³-hybridized carbons (Fsp3) is 0.929. The minimum Gasteiger partial charge on any atom is -0.379 e. The first kappa shape index (κ1) is 18.7. The van der Waals surface area contributed by atoms with E-state index >= 15 is 0 Å². The van der Waals surface area contributed by atoms with Crippen LogP contribution in [0.3, 0.4) is 0 Å². The molecular formula is C14H29NO3S. The molecule has 0 radical (unpaired) electrons. The SMILES string of the molecule is CC(C)CCCOCCOCCN(C)C(=O)C(C)S. The Kier molecular flexibility index (Phi) is 11.4. The highest BCUT2D eigenvalue weighted by atomic mass is 32.1. The van der Waals surface area contributed by atoms with E-state index in [1.807, 2.05) is 0 Å². The Morgan fingerprint density at radius 3 is 2.21 bits per heavy atom. The summed E-state index contributed by atoms with van der Waals surface area (Å²) in [5, 5.41) is -0.255. The van der Waals surface area contributed by atoms with Gasteiger partial charge in [-0.1, -0.05) is 13.8 Å². The molecule has 0 aliphatic carbocycles. The van der Waals surface area contributed by atoms with Crippen molar-refractivity contribution in [1.82, 2.24) is 4.90 Å². The third-order valence-corrected chi connectivity index (χ3v) is 2.97. The number of nitrogens with zero attached hydrogens (tertiary/aromatic N) is 1. The highest BCUT2D eigenvalue weighted by molar-refractivity contribution is 7.81. The number of hydrogen-bond acceptors (Lipinski definition) is 4. The molecule has 4 nitrogen and oxygen atoms in total. The summed E-state index contributed by atoms with van der Waals surface area (Å²) < 4.78 is 10.9. The van der Waals surface area contributed by atoms with E-state index in [2.05, 4.69) is 26.5 Å². The van der Waals surface area contributed by atoms with E-state index < -0.39 is 0 Å². The van der Waals surface area contributed by atoms with Crippen molar-refractivity contribution in [3.8, 4) is 0 Å². The Labute approximate surface area is 123 Å². The fourth-order valence-electron chi connectivity index (χ4n) is 1.55. The molecule has 1 amide bonds. The summed E-state index contributed by atoms with van der Waals surface area (Å²) in [5.74, 6) is 0.763. The van der Waals surface area contributed by atoms with Gasteiger partial charge in [0, 0.05) is 20.2 Å². The van der Waals surface area contributed by atoms with Crippen molar-refractivity contribution >= 4 is 18.5 Å². The van der Waals surface area contributed by atoms with E-state index in [0.717, 1.165) is 18.9 Å². The second kappa shape index (κ2) is 11.6. The lowest BCUT2D eigenvalue weighted by molar-refractivity contribution is -0.129. The summed E-state index contributed by atoms with van der Waals surface area (Å²) in [4.78, 5) is 13.1. The number of rotatable bonds is 11. The minimum absolute atomic E-state index is 0.0249. The van der Waals surface area contributed by atoms with Crippen LogP contribution in [0, 0.1) is 5.92 Å². The fourth-order valence-corrected chi connectivity index (χ4v) is 1.74. The number of carbonyl (C=O) groups is 1. The standard InChI is InChI=1S/C14H29NO3S/c1-12(2)6-5-8-17-10-11-18-9-7-15(4)14(16)13(3)19/h12-13,19H,5-11H2,1-4H3. The summed E-state index contributed by atoms with van der Waals surface area (Å²) >= 11 is 4.11. The van der Waals surface area contributed by atoms with Crippen LogP contribution in [-0.2, 0) is 14.3 Å². The van der Waals surface area contributed by atoms with Gasteiger partial charge in [0.05, 0.1) is 25.1 Å². The van der Waals surface area contributed by atoms with Crippen LogP contribution in [0.25, 0.3) is 0 Å². The van der Waals surface area contributed by atoms with Gasteiger partial charge in [0.15, 0.2) is 0 Å². The van der Waals surface area contributed by atoms with Gasteiger partial charge < -0.3 is 14.4 Å². The Bertz CT molecular complexity index is 235. The second-order valence-electron chi connectivity index (χ2n) is 5.20. The average Bonchev–Trinajstić information content (AvgIpc) is 2.35. The van der Waals surface area contributed by atoms with Gasteiger partial charge in [0.25, 0.3) is 0 Å². The van der Waals surface area contributed by atoms with E-state index in [1.54, 1.807) is 18.9 Å². The van der Waals surface area contributed by atoms with Crippen LogP contribution < -0.4 is 0 Å². The second-order valence-corrected chi connectivity index (χ2v) is 5.97. The first-order valence-corrected chi connectivity index (χ1v) is 7.55. The quantitative estimate of drug-likeness (QED) is 0.469. The number of thiol groups is 1. The molecule has 0 fully saturated rings. The molecular weight excluding hydrogens is 262 g/mol. The third-order valence-electron chi connectivity index (χ3n) is 2.75. The third kappa shape index (κ3) is 11.3. The van der Waals surface area contributed by atoms with E-state index in [1.165, 1.54) is 6.42 Å². The van der Waals surface area contributed by atoms with Crippen LogP contribution in [0.1, 0.15) is 33.6 Å². The molecule has 5 heteroatoms. The summed E-state index contributed by atoms with van der Waals surface area (Å²) in [6.45, 7) is 9.35. The van der Waals surface area contributed by atoms with Crippen LogP contribution in [0.4, 0.5) is 0 Å². The zero-order valence-corrected chi connectivity index (χ0v) is 13.6. The van der Waals surface area contributed by atoms with Gasteiger partial charge in [-0.15, -0.1) is 0 Å². The minimum atomic E-state index is -0.255. The van der Waals surface area contributed by atoms with E-state index in [-0.39, 0.29) is 11.2 Å². The Hall–Kier alpha value is -0.260. The molecule has 0 aromatic rings. The van der Waals surface area contributed by atoms with E-state index in [4.69, 9.17) is 9.47 Å². The Balaban J connectivity index is 3.29. The molecule has 0 aliphatic heterocycles. The molecule has 0 saturated heterocycles. The maximum Gasteiger partial charge on any atom is 0.234 e. The van der Waals surface area contributed by atoms with Crippen molar-refractivity contribution in [1.29, 1.82) is 0 Å². The normalized spacial score (nSPS) is 12.7. The van der Waals surface area contributed by atoms with Gasteiger partial charge in [-0.05, 0) is 25.7 Å². The first-order valence-electron chi connectivity index (χ1n) is 7.03. The summed E-state index contributed by atoms with van der Waals surface area (Å²) in [5.41, 5.74) is 0. The summed E-state index contributed by atoms with van der Waals surface area (Å²) in [6.07, 6.45) is 2.31. The number of ether oxygens (including phenoxy) is 2. The topological polar surface area (TPSA) is 38.8 Å². The van der Waals surface area contributed by atoms with Crippen molar-refractivity contribution in [2.75, 3.05) is 40.0 Å². The summed E-state index contributed by atoms with van der Waals surface area (Å²) in [7, 11) is 1.76.